The van der Waals surface area contributed by atoms with Gasteiger partial charge in [0.25, 0.3) is 0 Å². The third kappa shape index (κ3) is 7.08. The van der Waals surface area contributed by atoms with Crippen molar-refractivity contribution >= 4 is 46.4 Å². The van der Waals surface area contributed by atoms with E-state index in [1.54, 1.807) is 24.3 Å². The molecule has 2 aliphatic heterocycles. The summed E-state index contributed by atoms with van der Waals surface area (Å²) in [5, 5.41) is 6.15. The largest absolute Gasteiger partial charge is 0.326 e. The maximum Gasteiger partial charge on any atom is 0.243 e. The summed E-state index contributed by atoms with van der Waals surface area (Å²) in [7, 11) is -3.53. The Bertz CT molecular complexity index is 750. The molecule has 7 nitrogen and oxygen atoms in total. The molecule has 166 valence electrons. The van der Waals surface area contributed by atoms with Crippen LogP contribution in [0.5, 0.6) is 0 Å². The van der Waals surface area contributed by atoms with E-state index in [1.165, 1.54) is 4.31 Å². The van der Waals surface area contributed by atoms with Gasteiger partial charge in [-0.3, -0.25) is 4.79 Å². The summed E-state index contributed by atoms with van der Waals surface area (Å²) in [5.74, 6) is 0.497. The van der Waals surface area contributed by atoms with Crippen LogP contribution in [-0.4, -0.2) is 69.3 Å². The van der Waals surface area contributed by atoms with E-state index >= 15 is 0 Å². The maximum atomic E-state index is 12.9. The van der Waals surface area contributed by atoms with Gasteiger partial charge in [0.15, 0.2) is 0 Å². The molecule has 2 heterocycles. The van der Waals surface area contributed by atoms with Crippen LogP contribution in [0.2, 0.25) is 0 Å². The van der Waals surface area contributed by atoms with Gasteiger partial charge in [-0.05, 0) is 56.6 Å². The predicted octanol–water partition coefficient (Wildman–Crippen LogP) is 2.18. The first-order chi connectivity index (χ1) is 13.0. The van der Waals surface area contributed by atoms with E-state index in [0.717, 1.165) is 45.6 Å². The lowest BCUT2D eigenvalue weighted by molar-refractivity contribution is -0.116. The van der Waals surface area contributed by atoms with Gasteiger partial charge < -0.3 is 15.5 Å². The minimum Gasteiger partial charge on any atom is -0.326 e. The van der Waals surface area contributed by atoms with E-state index in [1.807, 2.05) is 0 Å². The molecule has 2 aliphatic rings. The Morgan fingerprint density at radius 1 is 1.21 bits per heavy atom. The normalized spacial score (nSPS) is 20.5. The van der Waals surface area contributed by atoms with Crippen molar-refractivity contribution in [1.82, 2.24) is 14.5 Å². The standard InChI is InChI=1S/C19H30N4O3S.2ClH/c1-2-22-10-12-23(13-11-22)27(25,26)18-5-3-4-17(14-18)21-19(24)7-6-16-8-9-20-15-16;;/h3-5,14,16,20H,2,6-13,15H2,1H3,(H,21,24);2*1H. The van der Waals surface area contributed by atoms with Gasteiger partial charge in [0, 0.05) is 38.3 Å². The van der Waals surface area contributed by atoms with Gasteiger partial charge in [0.05, 0.1) is 4.90 Å². The molecule has 29 heavy (non-hydrogen) atoms. The average Bonchev–Trinajstić information content (AvgIpc) is 3.20. The summed E-state index contributed by atoms with van der Waals surface area (Å²) < 4.78 is 27.4. The number of hydrogen-bond donors (Lipinski definition) is 2. The SMILES string of the molecule is CCN1CCN(S(=O)(=O)c2cccc(NC(=O)CCC3CCNC3)c2)CC1.Cl.Cl. The summed E-state index contributed by atoms with van der Waals surface area (Å²) >= 11 is 0. The van der Waals surface area contributed by atoms with Crippen molar-refractivity contribution in [2.45, 2.75) is 31.1 Å². The van der Waals surface area contributed by atoms with Gasteiger partial charge in [0.1, 0.15) is 0 Å². The lowest BCUT2D eigenvalue weighted by Gasteiger charge is -2.33. The van der Waals surface area contributed by atoms with E-state index in [9.17, 15) is 13.2 Å². The van der Waals surface area contributed by atoms with Crippen molar-refractivity contribution < 1.29 is 13.2 Å². The Morgan fingerprint density at radius 3 is 2.55 bits per heavy atom. The first-order valence-corrected chi connectivity index (χ1v) is 11.3. The number of carbonyl (C=O) groups excluding carboxylic acids is 1. The number of hydrogen-bond acceptors (Lipinski definition) is 5. The molecule has 1 unspecified atom stereocenters. The van der Waals surface area contributed by atoms with Crippen molar-refractivity contribution in [2.24, 2.45) is 5.92 Å². The molecule has 2 N–H and O–H groups in total. The fourth-order valence-electron chi connectivity index (χ4n) is 3.69. The van der Waals surface area contributed by atoms with E-state index in [4.69, 9.17) is 0 Å². The summed E-state index contributed by atoms with van der Waals surface area (Å²) in [4.78, 5) is 14.7. The zero-order chi connectivity index (χ0) is 19.3. The Kier molecular flexibility index (Phi) is 10.9. The summed E-state index contributed by atoms with van der Waals surface area (Å²) in [6.45, 7) is 7.53. The molecule has 2 saturated heterocycles. The molecule has 3 rings (SSSR count). The number of benzene rings is 1. The van der Waals surface area contributed by atoms with Crippen LogP contribution in [0.4, 0.5) is 5.69 Å². The quantitative estimate of drug-likeness (QED) is 0.643. The highest BCUT2D eigenvalue weighted by molar-refractivity contribution is 7.89. The number of piperazine rings is 1. The molecule has 1 amide bonds. The number of nitrogens with one attached hydrogen (secondary N) is 2. The maximum absolute atomic E-state index is 12.9. The first kappa shape index (κ1) is 26.1. The zero-order valence-electron chi connectivity index (χ0n) is 16.8. The summed E-state index contributed by atoms with van der Waals surface area (Å²) in [6.07, 6.45) is 2.44. The van der Waals surface area contributed by atoms with E-state index in [2.05, 4.69) is 22.5 Å². The smallest absolute Gasteiger partial charge is 0.243 e. The Balaban J connectivity index is 0.00000210. The number of anilines is 1. The number of carbonyl (C=O) groups is 1. The molecule has 1 atom stereocenters. The molecule has 1 aromatic rings. The van der Waals surface area contributed by atoms with Crippen LogP contribution in [0.3, 0.4) is 0 Å². The number of rotatable bonds is 7. The van der Waals surface area contributed by atoms with Crippen molar-refractivity contribution in [3.63, 3.8) is 0 Å². The van der Waals surface area contributed by atoms with Crippen LogP contribution < -0.4 is 10.6 Å². The molecule has 2 fully saturated rings. The molecule has 0 aromatic heterocycles. The zero-order valence-corrected chi connectivity index (χ0v) is 19.3. The van der Waals surface area contributed by atoms with Gasteiger partial charge >= 0.3 is 0 Å². The van der Waals surface area contributed by atoms with Crippen LogP contribution in [0.1, 0.15) is 26.2 Å². The lowest BCUT2D eigenvalue weighted by Crippen LogP contribution is -2.48. The highest BCUT2D eigenvalue weighted by Crippen LogP contribution is 2.21. The van der Waals surface area contributed by atoms with E-state index in [0.29, 0.717) is 31.1 Å². The van der Waals surface area contributed by atoms with Crippen molar-refractivity contribution in [3.05, 3.63) is 24.3 Å². The van der Waals surface area contributed by atoms with Crippen molar-refractivity contribution in [1.29, 1.82) is 0 Å². The summed E-state index contributed by atoms with van der Waals surface area (Å²) in [6, 6.07) is 6.59. The van der Waals surface area contributed by atoms with E-state index < -0.39 is 10.0 Å². The second kappa shape index (κ2) is 12.1. The topological polar surface area (TPSA) is 81.8 Å². The molecule has 0 bridgehead atoms. The molecule has 10 heteroatoms. The van der Waals surface area contributed by atoms with Crippen LogP contribution in [-0.2, 0) is 14.8 Å². The number of halogens is 2. The molecular weight excluding hydrogens is 435 g/mol. The fourth-order valence-corrected chi connectivity index (χ4v) is 5.16. The average molecular weight is 467 g/mol. The van der Waals surface area contributed by atoms with Crippen LogP contribution in [0, 0.1) is 5.92 Å². The molecule has 0 saturated carbocycles. The predicted molar refractivity (Wildman–Crippen MR) is 121 cm³/mol. The molecule has 0 spiro atoms. The van der Waals surface area contributed by atoms with Gasteiger partial charge in [-0.1, -0.05) is 13.0 Å². The fraction of sp³-hybridized carbons (Fsp3) is 0.632. The minimum absolute atomic E-state index is 0. The second-order valence-corrected chi connectivity index (χ2v) is 9.25. The number of amides is 1. The third-order valence-electron chi connectivity index (χ3n) is 5.48. The van der Waals surface area contributed by atoms with Crippen LogP contribution in [0.25, 0.3) is 0 Å². The third-order valence-corrected chi connectivity index (χ3v) is 7.37. The van der Waals surface area contributed by atoms with Crippen molar-refractivity contribution in [3.8, 4) is 0 Å². The number of nitrogens with zero attached hydrogens (tertiary/aromatic N) is 2. The lowest BCUT2D eigenvalue weighted by atomic mass is 10.0. The molecule has 0 aliphatic carbocycles. The highest BCUT2D eigenvalue weighted by Gasteiger charge is 2.28. The molecule has 0 radical (unpaired) electrons. The van der Waals surface area contributed by atoms with Crippen LogP contribution in [0.15, 0.2) is 29.2 Å². The Labute approximate surface area is 186 Å². The number of sulfonamides is 1. The second-order valence-electron chi connectivity index (χ2n) is 7.31. The van der Waals surface area contributed by atoms with Crippen molar-refractivity contribution in [2.75, 3.05) is 51.1 Å². The van der Waals surface area contributed by atoms with Crippen LogP contribution >= 0.6 is 24.8 Å². The minimum atomic E-state index is -3.53. The Hall–Kier alpha value is -0.900. The molecule has 1 aromatic carbocycles. The Morgan fingerprint density at radius 2 is 1.93 bits per heavy atom. The monoisotopic (exact) mass is 466 g/mol. The van der Waals surface area contributed by atoms with Gasteiger partial charge in [0.2, 0.25) is 15.9 Å². The van der Waals surface area contributed by atoms with Gasteiger partial charge in [-0.15, -0.1) is 24.8 Å². The van der Waals surface area contributed by atoms with E-state index in [-0.39, 0.29) is 35.6 Å². The first-order valence-electron chi connectivity index (χ1n) is 9.82. The molecular formula is C19H32Cl2N4O3S. The highest BCUT2D eigenvalue weighted by atomic mass is 35.5. The van der Waals surface area contributed by atoms with Gasteiger partial charge in [-0.25, -0.2) is 8.42 Å². The van der Waals surface area contributed by atoms with Gasteiger partial charge in [-0.2, -0.15) is 4.31 Å². The summed E-state index contributed by atoms with van der Waals surface area (Å²) in [5.41, 5.74) is 0.540. The number of likely N-dealkylation sites (N-methyl/N-ethyl adjacent to an activating group) is 1.